The van der Waals surface area contributed by atoms with E-state index in [1.165, 1.54) is 17.8 Å². The quantitative estimate of drug-likeness (QED) is 0.683. The van der Waals surface area contributed by atoms with Gasteiger partial charge in [-0.2, -0.15) is 0 Å². The Bertz CT molecular complexity index is 541. The number of amides is 1. The highest BCUT2D eigenvalue weighted by molar-refractivity contribution is 9.13. The summed E-state index contributed by atoms with van der Waals surface area (Å²) < 4.78 is 6.89. The maximum atomic E-state index is 12.2. The van der Waals surface area contributed by atoms with Crippen LogP contribution in [0.5, 0.6) is 0 Å². The number of hydrogen-bond donors (Lipinski definition) is 1. The van der Waals surface area contributed by atoms with E-state index < -0.39 is 12.1 Å². The first-order chi connectivity index (χ1) is 10.4. The summed E-state index contributed by atoms with van der Waals surface area (Å²) in [6.45, 7) is 3.76. The van der Waals surface area contributed by atoms with Gasteiger partial charge in [0.25, 0.3) is 5.91 Å². The van der Waals surface area contributed by atoms with Gasteiger partial charge in [0.1, 0.15) is 4.88 Å². The van der Waals surface area contributed by atoms with E-state index in [-0.39, 0.29) is 11.9 Å². The second kappa shape index (κ2) is 7.93. The standard InChI is InChI=1S/C15H19Br2NO3S/c1-8-5-3-4-6-11(8)18-14(19)9(2)21-15(20)12-7-10(16)13(17)22-12/h7-9,11H,3-6H2,1-2H3,(H,18,19). The molecule has 1 heterocycles. The molecule has 0 aromatic carbocycles. The van der Waals surface area contributed by atoms with Crippen molar-refractivity contribution in [1.82, 2.24) is 5.32 Å². The summed E-state index contributed by atoms with van der Waals surface area (Å²) in [7, 11) is 0. The van der Waals surface area contributed by atoms with Crippen molar-refractivity contribution in [3.05, 3.63) is 19.2 Å². The van der Waals surface area contributed by atoms with Crippen molar-refractivity contribution in [3.63, 3.8) is 0 Å². The Hall–Kier alpha value is -0.400. The Morgan fingerprint density at radius 2 is 2.05 bits per heavy atom. The highest BCUT2D eigenvalue weighted by Crippen LogP contribution is 2.32. The SMILES string of the molecule is CC(OC(=O)c1cc(Br)c(Br)s1)C(=O)NC1CCCCC1C. The minimum Gasteiger partial charge on any atom is -0.448 e. The zero-order valence-electron chi connectivity index (χ0n) is 12.5. The van der Waals surface area contributed by atoms with Crippen molar-refractivity contribution < 1.29 is 14.3 Å². The van der Waals surface area contributed by atoms with E-state index in [9.17, 15) is 9.59 Å². The van der Waals surface area contributed by atoms with E-state index in [0.29, 0.717) is 10.8 Å². The molecule has 3 atom stereocenters. The Balaban J connectivity index is 1.89. The molecule has 22 heavy (non-hydrogen) atoms. The molecule has 0 radical (unpaired) electrons. The number of carbonyl (C=O) groups is 2. The smallest absolute Gasteiger partial charge is 0.349 e. The molecule has 7 heteroatoms. The Morgan fingerprint density at radius 3 is 2.64 bits per heavy atom. The molecule has 1 saturated carbocycles. The summed E-state index contributed by atoms with van der Waals surface area (Å²) in [5.41, 5.74) is 0. The van der Waals surface area contributed by atoms with Crippen LogP contribution in [0, 0.1) is 5.92 Å². The lowest BCUT2D eigenvalue weighted by Crippen LogP contribution is -2.45. The first-order valence-electron chi connectivity index (χ1n) is 7.34. The van der Waals surface area contributed by atoms with Crippen molar-refractivity contribution in [2.24, 2.45) is 5.92 Å². The molecule has 1 aromatic heterocycles. The third kappa shape index (κ3) is 4.55. The largest absolute Gasteiger partial charge is 0.448 e. The van der Waals surface area contributed by atoms with E-state index >= 15 is 0 Å². The van der Waals surface area contributed by atoms with Gasteiger partial charge in [-0.05, 0) is 63.6 Å². The topological polar surface area (TPSA) is 55.4 Å². The van der Waals surface area contributed by atoms with Crippen molar-refractivity contribution in [2.45, 2.75) is 51.7 Å². The first kappa shape index (κ1) is 17.9. The van der Waals surface area contributed by atoms with Crippen LogP contribution >= 0.6 is 43.2 Å². The normalized spacial score (nSPS) is 22.9. The highest BCUT2D eigenvalue weighted by Gasteiger charge is 2.27. The third-order valence-electron chi connectivity index (χ3n) is 3.94. The van der Waals surface area contributed by atoms with Crippen LogP contribution in [-0.4, -0.2) is 24.0 Å². The molecule has 3 unspecified atom stereocenters. The number of hydrogen-bond acceptors (Lipinski definition) is 4. The van der Waals surface area contributed by atoms with Gasteiger partial charge >= 0.3 is 5.97 Å². The number of nitrogens with one attached hydrogen (secondary N) is 1. The van der Waals surface area contributed by atoms with Crippen molar-refractivity contribution in [2.75, 3.05) is 0 Å². The van der Waals surface area contributed by atoms with Gasteiger partial charge in [-0.25, -0.2) is 4.79 Å². The average molecular weight is 453 g/mol. The van der Waals surface area contributed by atoms with Crippen LogP contribution in [0.15, 0.2) is 14.3 Å². The van der Waals surface area contributed by atoms with Gasteiger partial charge in [0.2, 0.25) is 0 Å². The van der Waals surface area contributed by atoms with Gasteiger partial charge in [0.05, 0.1) is 3.79 Å². The van der Waals surface area contributed by atoms with Gasteiger partial charge in [-0.3, -0.25) is 4.79 Å². The van der Waals surface area contributed by atoms with Crippen LogP contribution in [0.2, 0.25) is 0 Å². The molecule has 0 aliphatic heterocycles. The van der Waals surface area contributed by atoms with Crippen LogP contribution in [-0.2, 0) is 9.53 Å². The van der Waals surface area contributed by atoms with E-state index in [0.717, 1.165) is 27.5 Å². The van der Waals surface area contributed by atoms with E-state index in [1.807, 2.05) is 0 Å². The molecule has 1 amide bonds. The molecule has 1 N–H and O–H groups in total. The zero-order valence-corrected chi connectivity index (χ0v) is 16.5. The summed E-state index contributed by atoms with van der Waals surface area (Å²) in [5.74, 6) is -0.220. The molecule has 0 bridgehead atoms. The number of halogens is 2. The number of carbonyl (C=O) groups excluding carboxylic acids is 2. The van der Waals surface area contributed by atoms with Gasteiger partial charge in [-0.15, -0.1) is 11.3 Å². The molecule has 1 aromatic rings. The van der Waals surface area contributed by atoms with Crippen molar-refractivity contribution in [3.8, 4) is 0 Å². The zero-order chi connectivity index (χ0) is 16.3. The fourth-order valence-electron chi connectivity index (χ4n) is 2.55. The molecule has 1 aliphatic carbocycles. The maximum Gasteiger partial charge on any atom is 0.349 e. The minimum atomic E-state index is -0.790. The third-order valence-corrected chi connectivity index (χ3v) is 7.17. The molecule has 1 fully saturated rings. The second-order valence-electron chi connectivity index (χ2n) is 5.66. The lowest BCUT2D eigenvalue weighted by Gasteiger charge is -2.30. The average Bonchev–Trinajstić information content (AvgIpc) is 2.81. The summed E-state index contributed by atoms with van der Waals surface area (Å²) in [4.78, 5) is 24.7. The molecule has 0 spiro atoms. The number of esters is 1. The van der Waals surface area contributed by atoms with Crippen molar-refractivity contribution >= 4 is 55.1 Å². The monoisotopic (exact) mass is 451 g/mol. The van der Waals surface area contributed by atoms with Gasteiger partial charge < -0.3 is 10.1 Å². The van der Waals surface area contributed by atoms with Gasteiger partial charge in [0.15, 0.2) is 6.10 Å². The van der Waals surface area contributed by atoms with Gasteiger partial charge in [0, 0.05) is 10.5 Å². The predicted octanol–water partition coefficient (Wildman–Crippen LogP) is 4.51. The van der Waals surface area contributed by atoms with Crippen LogP contribution in [0.1, 0.15) is 49.2 Å². The molecular weight excluding hydrogens is 434 g/mol. The number of thiophene rings is 1. The predicted molar refractivity (Wildman–Crippen MR) is 94.2 cm³/mol. The van der Waals surface area contributed by atoms with Crippen LogP contribution < -0.4 is 5.32 Å². The molecule has 2 rings (SSSR count). The molecule has 1 aliphatic rings. The molecular formula is C15H19Br2NO3S. The lowest BCUT2D eigenvalue weighted by molar-refractivity contribution is -0.130. The number of rotatable bonds is 4. The summed E-state index contributed by atoms with van der Waals surface area (Å²) in [6, 6.07) is 1.87. The Labute approximate surface area is 151 Å². The molecule has 0 saturated heterocycles. The summed E-state index contributed by atoms with van der Waals surface area (Å²) in [5, 5.41) is 3.01. The Kier molecular flexibility index (Phi) is 6.46. The van der Waals surface area contributed by atoms with Gasteiger partial charge in [-0.1, -0.05) is 19.8 Å². The fourth-order valence-corrected chi connectivity index (χ4v) is 4.47. The van der Waals surface area contributed by atoms with E-state index in [4.69, 9.17) is 4.74 Å². The summed E-state index contributed by atoms with van der Waals surface area (Å²) in [6.07, 6.45) is 3.71. The van der Waals surface area contributed by atoms with Crippen LogP contribution in [0.4, 0.5) is 0 Å². The summed E-state index contributed by atoms with van der Waals surface area (Å²) >= 11 is 7.94. The number of ether oxygens (including phenoxy) is 1. The van der Waals surface area contributed by atoms with Crippen LogP contribution in [0.3, 0.4) is 0 Å². The van der Waals surface area contributed by atoms with Crippen LogP contribution in [0.25, 0.3) is 0 Å². The van der Waals surface area contributed by atoms with E-state index in [2.05, 4.69) is 44.1 Å². The second-order valence-corrected chi connectivity index (χ2v) is 8.88. The maximum absolute atomic E-state index is 12.2. The highest BCUT2D eigenvalue weighted by atomic mass is 79.9. The fraction of sp³-hybridized carbons (Fsp3) is 0.600. The first-order valence-corrected chi connectivity index (χ1v) is 9.75. The molecule has 4 nitrogen and oxygen atoms in total. The lowest BCUT2D eigenvalue weighted by atomic mass is 9.86. The van der Waals surface area contributed by atoms with Crippen molar-refractivity contribution in [1.29, 1.82) is 0 Å². The minimum absolute atomic E-state index is 0.187. The molecule has 122 valence electrons. The van der Waals surface area contributed by atoms with E-state index in [1.54, 1.807) is 13.0 Å². The Morgan fingerprint density at radius 1 is 1.36 bits per heavy atom.